The van der Waals surface area contributed by atoms with Crippen LogP contribution in [0.15, 0.2) is 0 Å². The van der Waals surface area contributed by atoms with Gasteiger partial charge in [-0.15, -0.1) is 0 Å². The van der Waals surface area contributed by atoms with Crippen molar-refractivity contribution < 1.29 is 14.3 Å². The second-order valence-electron chi connectivity index (χ2n) is 3.43. The molecule has 0 saturated carbocycles. The number of rotatable bonds is 10. The first kappa shape index (κ1) is 14.4. The van der Waals surface area contributed by atoms with E-state index in [1.165, 1.54) is 12.8 Å². The van der Waals surface area contributed by atoms with E-state index in [1.807, 2.05) is 0 Å². The van der Waals surface area contributed by atoms with Gasteiger partial charge in [0.1, 0.15) is 6.61 Å². The van der Waals surface area contributed by atoms with Crippen LogP contribution in [0.4, 0.5) is 0 Å². The van der Waals surface area contributed by atoms with E-state index in [0.29, 0.717) is 32.8 Å². The second-order valence-corrected chi connectivity index (χ2v) is 3.43. The molecule has 0 bridgehead atoms. The molecule has 15 heavy (non-hydrogen) atoms. The van der Waals surface area contributed by atoms with Gasteiger partial charge in [0, 0.05) is 13.0 Å². The van der Waals surface area contributed by atoms with Crippen LogP contribution in [0.5, 0.6) is 0 Å². The van der Waals surface area contributed by atoms with Gasteiger partial charge in [0.2, 0.25) is 0 Å². The molecule has 0 aromatic heterocycles. The van der Waals surface area contributed by atoms with Crippen molar-refractivity contribution >= 4 is 5.97 Å². The summed E-state index contributed by atoms with van der Waals surface area (Å²) in [5.41, 5.74) is 5.23. The molecule has 2 N–H and O–H groups in total. The highest BCUT2D eigenvalue weighted by Crippen LogP contribution is 2.03. The van der Waals surface area contributed by atoms with Crippen LogP contribution in [0.25, 0.3) is 0 Å². The Kier molecular flexibility index (Phi) is 11.0. The zero-order valence-corrected chi connectivity index (χ0v) is 9.67. The molecule has 0 aliphatic heterocycles. The van der Waals surface area contributed by atoms with Crippen molar-refractivity contribution in [3.05, 3.63) is 0 Å². The molecule has 0 atom stereocenters. The van der Waals surface area contributed by atoms with Crippen LogP contribution >= 0.6 is 0 Å². The van der Waals surface area contributed by atoms with Crippen molar-refractivity contribution in [1.29, 1.82) is 0 Å². The van der Waals surface area contributed by atoms with E-state index < -0.39 is 0 Å². The van der Waals surface area contributed by atoms with Gasteiger partial charge in [0.05, 0.1) is 13.2 Å². The predicted molar refractivity (Wildman–Crippen MR) is 59.6 cm³/mol. The Labute approximate surface area is 92.1 Å². The summed E-state index contributed by atoms with van der Waals surface area (Å²) < 4.78 is 10.0. The molecule has 0 unspecified atom stereocenters. The molecule has 0 aliphatic rings. The number of ether oxygens (including phenoxy) is 2. The zero-order chi connectivity index (χ0) is 11.4. The molecule has 0 aromatic carbocycles. The average Bonchev–Trinajstić information content (AvgIpc) is 2.24. The lowest BCUT2D eigenvalue weighted by atomic mass is 10.2. The summed E-state index contributed by atoms with van der Waals surface area (Å²) in [5.74, 6) is -0.123. The summed E-state index contributed by atoms with van der Waals surface area (Å²) in [6.45, 7) is 3.95. The fraction of sp³-hybridized carbons (Fsp3) is 0.909. The minimum Gasteiger partial charge on any atom is -0.463 e. The van der Waals surface area contributed by atoms with Gasteiger partial charge in [-0.25, -0.2) is 0 Å². The van der Waals surface area contributed by atoms with Crippen LogP contribution < -0.4 is 5.73 Å². The van der Waals surface area contributed by atoms with Crippen molar-refractivity contribution in [2.24, 2.45) is 5.73 Å². The Morgan fingerprint density at radius 3 is 2.60 bits per heavy atom. The van der Waals surface area contributed by atoms with Crippen LogP contribution in [0.1, 0.15) is 39.0 Å². The van der Waals surface area contributed by atoms with Crippen molar-refractivity contribution in [3.8, 4) is 0 Å². The van der Waals surface area contributed by atoms with Crippen molar-refractivity contribution in [2.75, 3.05) is 26.4 Å². The fourth-order valence-electron chi connectivity index (χ4n) is 1.17. The van der Waals surface area contributed by atoms with Crippen LogP contribution in [-0.4, -0.2) is 32.3 Å². The lowest BCUT2D eigenvalue weighted by molar-refractivity contribution is -0.145. The van der Waals surface area contributed by atoms with Gasteiger partial charge >= 0.3 is 5.97 Å². The second kappa shape index (κ2) is 11.5. The molecule has 0 aromatic rings. The maximum Gasteiger partial charge on any atom is 0.305 e. The Morgan fingerprint density at radius 1 is 1.13 bits per heavy atom. The Bertz CT molecular complexity index is 151. The van der Waals surface area contributed by atoms with E-state index in [9.17, 15) is 4.79 Å². The number of esters is 1. The average molecular weight is 217 g/mol. The van der Waals surface area contributed by atoms with Crippen molar-refractivity contribution in [2.45, 2.75) is 39.0 Å². The first-order valence-electron chi connectivity index (χ1n) is 5.74. The lowest BCUT2D eigenvalue weighted by Crippen LogP contribution is -2.14. The number of nitrogens with two attached hydrogens (primary N) is 1. The first-order chi connectivity index (χ1) is 7.31. The maximum atomic E-state index is 11.1. The van der Waals surface area contributed by atoms with Crippen molar-refractivity contribution in [1.82, 2.24) is 0 Å². The largest absolute Gasteiger partial charge is 0.463 e. The molecule has 0 heterocycles. The van der Waals surface area contributed by atoms with E-state index in [0.717, 1.165) is 12.8 Å². The number of hydrogen-bond acceptors (Lipinski definition) is 4. The molecule has 0 fully saturated rings. The molecule has 90 valence electrons. The number of carbonyl (C=O) groups excluding carboxylic acids is 1. The van der Waals surface area contributed by atoms with E-state index >= 15 is 0 Å². The summed E-state index contributed by atoms with van der Waals surface area (Å²) in [5, 5.41) is 0. The molecule has 4 nitrogen and oxygen atoms in total. The molecule has 0 amide bonds. The topological polar surface area (TPSA) is 61.5 Å². The fourth-order valence-corrected chi connectivity index (χ4v) is 1.17. The highest BCUT2D eigenvalue weighted by molar-refractivity contribution is 5.69. The van der Waals surface area contributed by atoms with Crippen molar-refractivity contribution in [3.63, 3.8) is 0 Å². The monoisotopic (exact) mass is 217 g/mol. The van der Waals surface area contributed by atoms with Gasteiger partial charge < -0.3 is 15.2 Å². The standard InChI is InChI=1S/C11H23NO3/c1-2-3-4-5-6-11(13)15-10-9-14-8-7-12/h2-10,12H2,1H3. The third-order valence-electron chi connectivity index (χ3n) is 1.99. The van der Waals surface area contributed by atoms with E-state index in [-0.39, 0.29) is 5.97 Å². The molecule has 0 spiro atoms. The Balaban J connectivity index is 3.11. The summed E-state index contributed by atoms with van der Waals surface area (Å²) in [6, 6.07) is 0. The molecule has 0 aliphatic carbocycles. The minimum absolute atomic E-state index is 0.123. The summed E-state index contributed by atoms with van der Waals surface area (Å²) in [6.07, 6.45) is 4.93. The molecule has 0 radical (unpaired) electrons. The van der Waals surface area contributed by atoms with Crippen LogP contribution in [0, 0.1) is 0 Å². The normalized spacial score (nSPS) is 10.3. The molecule has 4 heteroatoms. The lowest BCUT2D eigenvalue weighted by Gasteiger charge is -2.05. The third kappa shape index (κ3) is 11.3. The molecular formula is C11H23NO3. The van der Waals surface area contributed by atoms with E-state index in [1.54, 1.807) is 0 Å². The van der Waals surface area contributed by atoms with E-state index in [4.69, 9.17) is 15.2 Å². The maximum absolute atomic E-state index is 11.1. The van der Waals surface area contributed by atoms with Gasteiger partial charge in [0.15, 0.2) is 0 Å². The highest BCUT2D eigenvalue weighted by atomic mass is 16.6. The third-order valence-corrected chi connectivity index (χ3v) is 1.99. The molecule has 0 saturated heterocycles. The van der Waals surface area contributed by atoms with Gasteiger partial charge in [-0.3, -0.25) is 4.79 Å². The Hall–Kier alpha value is -0.610. The quantitative estimate of drug-likeness (QED) is 0.444. The van der Waals surface area contributed by atoms with Gasteiger partial charge in [-0.1, -0.05) is 26.2 Å². The highest BCUT2D eigenvalue weighted by Gasteiger charge is 2.01. The molecular weight excluding hydrogens is 194 g/mol. The SMILES string of the molecule is CCCCCCC(=O)OCCOCCN. The summed E-state index contributed by atoms with van der Waals surface area (Å²) in [7, 11) is 0. The number of hydrogen-bond donors (Lipinski definition) is 1. The first-order valence-corrected chi connectivity index (χ1v) is 5.74. The van der Waals surface area contributed by atoms with Gasteiger partial charge in [-0.2, -0.15) is 0 Å². The smallest absolute Gasteiger partial charge is 0.305 e. The van der Waals surface area contributed by atoms with Gasteiger partial charge in [-0.05, 0) is 6.42 Å². The van der Waals surface area contributed by atoms with Crippen LogP contribution in [0.3, 0.4) is 0 Å². The Morgan fingerprint density at radius 2 is 1.93 bits per heavy atom. The molecule has 0 rings (SSSR count). The number of carbonyl (C=O) groups is 1. The van der Waals surface area contributed by atoms with E-state index in [2.05, 4.69) is 6.92 Å². The summed E-state index contributed by atoms with van der Waals surface area (Å²) in [4.78, 5) is 11.1. The van der Waals surface area contributed by atoms with Gasteiger partial charge in [0.25, 0.3) is 0 Å². The predicted octanol–water partition coefficient (Wildman–Crippen LogP) is 1.48. The minimum atomic E-state index is -0.123. The zero-order valence-electron chi connectivity index (χ0n) is 9.67. The summed E-state index contributed by atoms with van der Waals surface area (Å²) >= 11 is 0. The van der Waals surface area contributed by atoms with Crippen LogP contribution in [0.2, 0.25) is 0 Å². The number of unbranched alkanes of at least 4 members (excludes halogenated alkanes) is 3. The van der Waals surface area contributed by atoms with Crippen LogP contribution in [-0.2, 0) is 14.3 Å².